The zero-order chi connectivity index (χ0) is 16.9. The Kier molecular flexibility index (Phi) is 5.14. The van der Waals surface area contributed by atoms with Crippen LogP contribution in [0.3, 0.4) is 0 Å². The van der Waals surface area contributed by atoms with Gasteiger partial charge in [0.2, 0.25) is 0 Å². The predicted molar refractivity (Wildman–Crippen MR) is 97.8 cm³/mol. The fourth-order valence-electron chi connectivity index (χ4n) is 3.17. The quantitative estimate of drug-likeness (QED) is 0.870. The summed E-state index contributed by atoms with van der Waals surface area (Å²) in [5.74, 6) is -0.0287. The van der Waals surface area contributed by atoms with Gasteiger partial charge in [0.1, 0.15) is 0 Å². The fourth-order valence-corrected chi connectivity index (χ4v) is 3.17. The van der Waals surface area contributed by atoms with Gasteiger partial charge < -0.3 is 10.6 Å². The van der Waals surface area contributed by atoms with Gasteiger partial charge in [0.05, 0.1) is 17.4 Å². The smallest absolute Gasteiger partial charge is 0.253 e. The highest BCUT2D eigenvalue weighted by molar-refractivity contribution is 5.95. The molecular weight excluding hydrogens is 298 g/mol. The van der Waals surface area contributed by atoms with Crippen molar-refractivity contribution < 1.29 is 4.79 Å². The molecular formula is C20H25N3O. The van der Waals surface area contributed by atoms with Crippen LogP contribution in [0.5, 0.6) is 0 Å². The first-order valence-electron chi connectivity index (χ1n) is 8.72. The molecule has 4 heteroatoms. The van der Waals surface area contributed by atoms with Crippen molar-refractivity contribution in [3.05, 3.63) is 53.3 Å². The molecule has 1 fully saturated rings. The zero-order valence-electron chi connectivity index (χ0n) is 14.4. The predicted octanol–water partition coefficient (Wildman–Crippen LogP) is 4.50. The van der Waals surface area contributed by atoms with Crippen molar-refractivity contribution in [3.63, 3.8) is 0 Å². The Labute approximate surface area is 143 Å². The SMILES string of the molecule is Cc1ccc(C)c(Nc2cncc(C(=O)NC3CCCCC3)c2)c1. The number of rotatable bonds is 4. The van der Waals surface area contributed by atoms with E-state index >= 15 is 0 Å². The summed E-state index contributed by atoms with van der Waals surface area (Å²) in [4.78, 5) is 16.7. The van der Waals surface area contributed by atoms with Crippen LogP contribution >= 0.6 is 0 Å². The summed E-state index contributed by atoms with van der Waals surface area (Å²) >= 11 is 0. The topological polar surface area (TPSA) is 54.0 Å². The second-order valence-electron chi connectivity index (χ2n) is 6.71. The minimum Gasteiger partial charge on any atom is -0.354 e. The van der Waals surface area contributed by atoms with E-state index in [2.05, 4.69) is 47.7 Å². The lowest BCUT2D eigenvalue weighted by Crippen LogP contribution is -2.36. The maximum Gasteiger partial charge on any atom is 0.253 e. The molecule has 0 aliphatic heterocycles. The first-order chi connectivity index (χ1) is 11.6. The second-order valence-corrected chi connectivity index (χ2v) is 6.71. The van der Waals surface area contributed by atoms with Crippen molar-refractivity contribution in [1.29, 1.82) is 0 Å². The van der Waals surface area contributed by atoms with Crippen LogP contribution in [0.25, 0.3) is 0 Å². The molecule has 126 valence electrons. The van der Waals surface area contributed by atoms with Crippen molar-refractivity contribution in [2.75, 3.05) is 5.32 Å². The molecule has 0 spiro atoms. The summed E-state index contributed by atoms with van der Waals surface area (Å²) in [7, 11) is 0. The highest BCUT2D eigenvalue weighted by atomic mass is 16.1. The van der Waals surface area contributed by atoms with Crippen molar-refractivity contribution >= 4 is 17.3 Å². The average Bonchev–Trinajstić information content (AvgIpc) is 2.59. The molecule has 1 heterocycles. The lowest BCUT2D eigenvalue weighted by Gasteiger charge is -2.22. The fraction of sp³-hybridized carbons (Fsp3) is 0.400. The number of hydrogen-bond acceptors (Lipinski definition) is 3. The number of hydrogen-bond donors (Lipinski definition) is 2. The van der Waals surface area contributed by atoms with E-state index in [1.165, 1.54) is 24.8 Å². The highest BCUT2D eigenvalue weighted by Crippen LogP contribution is 2.22. The van der Waals surface area contributed by atoms with Gasteiger partial charge in [-0.3, -0.25) is 9.78 Å². The summed E-state index contributed by atoms with van der Waals surface area (Å²) in [6.07, 6.45) is 9.24. The Morgan fingerprint density at radius 3 is 2.67 bits per heavy atom. The van der Waals surface area contributed by atoms with Crippen LogP contribution in [0.2, 0.25) is 0 Å². The van der Waals surface area contributed by atoms with E-state index in [4.69, 9.17) is 0 Å². The lowest BCUT2D eigenvalue weighted by atomic mass is 9.95. The van der Waals surface area contributed by atoms with E-state index in [1.807, 2.05) is 6.07 Å². The Morgan fingerprint density at radius 1 is 1.08 bits per heavy atom. The van der Waals surface area contributed by atoms with Gasteiger partial charge in [0.25, 0.3) is 5.91 Å². The molecule has 2 N–H and O–H groups in total. The van der Waals surface area contributed by atoms with Gasteiger partial charge in [-0.2, -0.15) is 0 Å². The number of pyridine rings is 1. The Balaban J connectivity index is 1.71. The largest absolute Gasteiger partial charge is 0.354 e. The zero-order valence-corrected chi connectivity index (χ0v) is 14.4. The first kappa shape index (κ1) is 16.5. The van der Waals surface area contributed by atoms with Crippen LogP contribution in [0.1, 0.15) is 53.6 Å². The maximum atomic E-state index is 12.5. The van der Waals surface area contributed by atoms with Crippen LogP contribution in [0.4, 0.5) is 11.4 Å². The van der Waals surface area contributed by atoms with E-state index in [0.29, 0.717) is 11.6 Å². The normalized spacial score (nSPS) is 15.1. The van der Waals surface area contributed by atoms with E-state index < -0.39 is 0 Å². The van der Waals surface area contributed by atoms with Gasteiger partial charge in [-0.05, 0) is 49.9 Å². The van der Waals surface area contributed by atoms with Gasteiger partial charge in [-0.25, -0.2) is 0 Å². The molecule has 1 saturated carbocycles. The number of amides is 1. The van der Waals surface area contributed by atoms with Crippen LogP contribution < -0.4 is 10.6 Å². The number of nitrogens with zero attached hydrogens (tertiary/aromatic N) is 1. The third-order valence-corrected chi connectivity index (χ3v) is 4.61. The standard InChI is InChI=1S/C20H25N3O/c1-14-8-9-15(2)19(10-14)22-18-11-16(12-21-13-18)20(24)23-17-6-4-3-5-7-17/h8-13,17,22H,3-7H2,1-2H3,(H,23,24). The number of carbonyl (C=O) groups is 1. The van der Waals surface area contributed by atoms with Crippen molar-refractivity contribution in [2.45, 2.75) is 52.0 Å². The molecule has 3 rings (SSSR count). The maximum absolute atomic E-state index is 12.5. The average molecular weight is 323 g/mol. The van der Waals surface area contributed by atoms with Crippen molar-refractivity contribution in [1.82, 2.24) is 10.3 Å². The van der Waals surface area contributed by atoms with E-state index in [-0.39, 0.29) is 5.91 Å². The van der Waals surface area contributed by atoms with Crippen LogP contribution in [-0.4, -0.2) is 16.9 Å². The van der Waals surface area contributed by atoms with Gasteiger partial charge in [0, 0.05) is 17.9 Å². The molecule has 0 atom stereocenters. The molecule has 2 aromatic rings. The van der Waals surface area contributed by atoms with E-state index in [1.54, 1.807) is 12.4 Å². The third-order valence-electron chi connectivity index (χ3n) is 4.61. The monoisotopic (exact) mass is 323 g/mol. The third kappa shape index (κ3) is 4.13. The van der Waals surface area contributed by atoms with Gasteiger partial charge in [0.15, 0.2) is 0 Å². The molecule has 1 aromatic heterocycles. The molecule has 4 nitrogen and oxygen atoms in total. The summed E-state index contributed by atoms with van der Waals surface area (Å²) in [6.45, 7) is 4.13. The number of benzene rings is 1. The second kappa shape index (κ2) is 7.47. The molecule has 0 radical (unpaired) electrons. The number of aryl methyl sites for hydroxylation is 2. The number of aromatic nitrogens is 1. The summed E-state index contributed by atoms with van der Waals surface area (Å²) in [6, 6.07) is 8.45. The number of carbonyl (C=O) groups excluding carboxylic acids is 1. The molecule has 24 heavy (non-hydrogen) atoms. The minimum atomic E-state index is -0.0287. The molecule has 1 amide bonds. The van der Waals surface area contributed by atoms with Crippen molar-refractivity contribution in [3.8, 4) is 0 Å². The molecule has 0 unspecified atom stereocenters. The molecule has 1 aliphatic rings. The van der Waals surface area contributed by atoms with Gasteiger partial charge in [-0.15, -0.1) is 0 Å². The Hall–Kier alpha value is -2.36. The molecule has 1 aliphatic carbocycles. The van der Waals surface area contributed by atoms with Crippen LogP contribution in [0.15, 0.2) is 36.7 Å². The highest BCUT2D eigenvalue weighted by Gasteiger charge is 2.17. The minimum absolute atomic E-state index is 0.0287. The van der Waals surface area contributed by atoms with Crippen LogP contribution in [0, 0.1) is 13.8 Å². The lowest BCUT2D eigenvalue weighted by molar-refractivity contribution is 0.0927. The summed E-state index contributed by atoms with van der Waals surface area (Å²) < 4.78 is 0. The first-order valence-corrected chi connectivity index (χ1v) is 8.72. The Morgan fingerprint density at radius 2 is 1.88 bits per heavy atom. The van der Waals surface area contributed by atoms with Gasteiger partial charge >= 0.3 is 0 Å². The van der Waals surface area contributed by atoms with Crippen molar-refractivity contribution in [2.24, 2.45) is 0 Å². The summed E-state index contributed by atoms with van der Waals surface area (Å²) in [5.41, 5.74) is 4.84. The molecule has 0 saturated heterocycles. The van der Waals surface area contributed by atoms with E-state index in [9.17, 15) is 4.79 Å². The Bertz CT molecular complexity index is 721. The number of anilines is 2. The summed E-state index contributed by atoms with van der Waals surface area (Å²) in [5, 5.41) is 6.51. The van der Waals surface area contributed by atoms with Gasteiger partial charge in [-0.1, -0.05) is 31.4 Å². The van der Waals surface area contributed by atoms with Crippen LogP contribution in [-0.2, 0) is 0 Å². The molecule has 0 bridgehead atoms. The van der Waals surface area contributed by atoms with E-state index in [0.717, 1.165) is 29.8 Å². The molecule has 1 aromatic carbocycles. The number of nitrogens with one attached hydrogen (secondary N) is 2.